The fourth-order valence-corrected chi connectivity index (χ4v) is 2.41. The molecule has 1 atom stereocenters. The summed E-state index contributed by atoms with van der Waals surface area (Å²) in [7, 11) is 0. The molecule has 0 spiro atoms. The van der Waals surface area contributed by atoms with E-state index in [0.717, 1.165) is 0 Å². The van der Waals surface area contributed by atoms with Crippen LogP contribution in [0.2, 0.25) is 10.0 Å². The van der Waals surface area contributed by atoms with Crippen molar-refractivity contribution in [2.24, 2.45) is 0 Å². The van der Waals surface area contributed by atoms with Gasteiger partial charge in [-0.05, 0) is 62.7 Å². The van der Waals surface area contributed by atoms with Crippen LogP contribution in [0.25, 0.3) is 0 Å². The van der Waals surface area contributed by atoms with Crippen LogP contribution in [0.3, 0.4) is 0 Å². The van der Waals surface area contributed by atoms with Gasteiger partial charge in [0.25, 0.3) is 0 Å². The molecule has 0 aliphatic rings. The Morgan fingerprint density at radius 1 is 0.920 bits per heavy atom. The molecule has 2 rings (SSSR count). The van der Waals surface area contributed by atoms with E-state index >= 15 is 0 Å². The molecule has 1 amide bonds. The van der Waals surface area contributed by atoms with Crippen LogP contribution in [-0.2, 0) is 4.74 Å². The summed E-state index contributed by atoms with van der Waals surface area (Å²) in [5.74, 6) is -0.273. The van der Waals surface area contributed by atoms with Crippen LogP contribution in [0, 0.1) is 0 Å². The molecular weight excluding hydrogens is 361 g/mol. The molecule has 0 aliphatic carbocycles. The first-order valence-electron chi connectivity index (χ1n) is 7.70. The predicted octanol–water partition coefficient (Wildman–Crippen LogP) is 5.44. The van der Waals surface area contributed by atoms with Crippen molar-refractivity contribution in [3.8, 4) is 0 Å². The third kappa shape index (κ3) is 5.76. The minimum Gasteiger partial charge on any atom is -0.444 e. The Morgan fingerprint density at radius 3 is 1.88 bits per heavy atom. The zero-order chi connectivity index (χ0) is 18.6. The van der Waals surface area contributed by atoms with Crippen molar-refractivity contribution in [3.63, 3.8) is 0 Å². The predicted molar refractivity (Wildman–Crippen MR) is 99.3 cm³/mol. The van der Waals surface area contributed by atoms with Gasteiger partial charge in [0.05, 0.1) is 0 Å². The van der Waals surface area contributed by atoms with Gasteiger partial charge in [-0.3, -0.25) is 4.79 Å². The smallest absolute Gasteiger partial charge is 0.408 e. The first-order valence-corrected chi connectivity index (χ1v) is 8.46. The number of ketones is 1. The molecule has 0 aromatic heterocycles. The zero-order valence-corrected chi connectivity index (χ0v) is 15.7. The molecule has 0 radical (unpaired) electrons. The Bertz CT molecular complexity index is 750. The molecule has 6 heteroatoms. The molecule has 0 saturated carbocycles. The molecule has 0 aliphatic heterocycles. The Labute approximate surface area is 157 Å². The molecule has 2 aromatic rings. The largest absolute Gasteiger partial charge is 0.444 e. The molecule has 4 nitrogen and oxygen atoms in total. The quantitative estimate of drug-likeness (QED) is 0.719. The molecule has 1 unspecified atom stereocenters. The van der Waals surface area contributed by atoms with Gasteiger partial charge < -0.3 is 10.1 Å². The number of hydrogen-bond donors (Lipinski definition) is 1. The highest BCUT2D eigenvalue weighted by molar-refractivity contribution is 6.31. The van der Waals surface area contributed by atoms with Crippen molar-refractivity contribution in [1.29, 1.82) is 0 Å². The highest BCUT2D eigenvalue weighted by Gasteiger charge is 2.26. The molecule has 0 saturated heterocycles. The lowest BCUT2D eigenvalue weighted by molar-refractivity contribution is 0.0491. The Morgan fingerprint density at radius 2 is 1.40 bits per heavy atom. The van der Waals surface area contributed by atoms with Crippen molar-refractivity contribution in [2.75, 3.05) is 0 Å². The first kappa shape index (κ1) is 19.3. The monoisotopic (exact) mass is 379 g/mol. The van der Waals surface area contributed by atoms with E-state index in [9.17, 15) is 9.59 Å². The fourth-order valence-electron chi connectivity index (χ4n) is 2.16. The molecule has 1 N–H and O–H groups in total. The minimum atomic E-state index is -0.895. The van der Waals surface area contributed by atoms with Gasteiger partial charge in [-0.1, -0.05) is 35.3 Å². The summed E-state index contributed by atoms with van der Waals surface area (Å²) in [4.78, 5) is 25.1. The number of hydrogen-bond acceptors (Lipinski definition) is 3. The minimum absolute atomic E-state index is 0.273. The van der Waals surface area contributed by atoms with E-state index in [0.29, 0.717) is 21.2 Å². The number of nitrogens with one attached hydrogen (secondary N) is 1. The summed E-state index contributed by atoms with van der Waals surface area (Å²) in [6, 6.07) is 12.3. The summed E-state index contributed by atoms with van der Waals surface area (Å²) >= 11 is 11.8. The molecule has 0 heterocycles. The summed E-state index contributed by atoms with van der Waals surface area (Å²) < 4.78 is 5.27. The van der Waals surface area contributed by atoms with Gasteiger partial charge in [-0.2, -0.15) is 0 Å². The molecule has 0 bridgehead atoms. The highest BCUT2D eigenvalue weighted by atomic mass is 35.5. The van der Waals surface area contributed by atoms with Gasteiger partial charge in [0, 0.05) is 15.6 Å². The summed E-state index contributed by atoms with van der Waals surface area (Å²) in [6.07, 6.45) is -0.672. The van der Waals surface area contributed by atoms with Crippen molar-refractivity contribution in [3.05, 3.63) is 69.7 Å². The second kappa shape index (κ2) is 7.89. The maximum Gasteiger partial charge on any atom is 0.408 e. The summed E-state index contributed by atoms with van der Waals surface area (Å²) in [5.41, 5.74) is 0.369. The Balaban J connectivity index is 2.31. The SMILES string of the molecule is CC(C)(C)OC(=O)NC(C(=O)c1ccc(Cl)cc1)c1ccc(Cl)cc1. The van der Waals surface area contributed by atoms with E-state index in [1.165, 1.54) is 0 Å². The van der Waals surface area contributed by atoms with Gasteiger partial charge in [-0.25, -0.2) is 4.79 Å². The first-order chi connectivity index (χ1) is 11.7. The maximum atomic E-state index is 12.9. The van der Waals surface area contributed by atoms with Crippen LogP contribution >= 0.6 is 23.2 Å². The van der Waals surface area contributed by atoms with Gasteiger partial charge in [0.2, 0.25) is 0 Å². The van der Waals surface area contributed by atoms with Crippen LogP contribution in [0.4, 0.5) is 4.79 Å². The number of halogens is 2. The number of carbonyl (C=O) groups excluding carboxylic acids is 2. The van der Waals surface area contributed by atoms with E-state index in [2.05, 4.69) is 5.32 Å². The average molecular weight is 380 g/mol. The number of amides is 1. The maximum absolute atomic E-state index is 12.9. The van der Waals surface area contributed by atoms with E-state index < -0.39 is 17.7 Å². The van der Waals surface area contributed by atoms with E-state index in [-0.39, 0.29) is 5.78 Å². The van der Waals surface area contributed by atoms with Crippen LogP contribution in [0.5, 0.6) is 0 Å². The number of carbonyl (C=O) groups is 2. The van der Waals surface area contributed by atoms with Gasteiger partial charge in [-0.15, -0.1) is 0 Å². The average Bonchev–Trinajstić information content (AvgIpc) is 2.52. The summed E-state index contributed by atoms with van der Waals surface area (Å²) in [6.45, 7) is 5.26. The van der Waals surface area contributed by atoms with Crippen LogP contribution in [0.1, 0.15) is 42.7 Å². The lowest BCUT2D eigenvalue weighted by atomic mass is 9.97. The van der Waals surface area contributed by atoms with E-state index in [4.69, 9.17) is 27.9 Å². The summed E-state index contributed by atoms with van der Waals surface area (Å²) in [5, 5.41) is 3.70. The van der Waals surface area contributed by atoms with Crippen molar-refractivity contribution >= 4 is 35.1 Å². The molecule has 132 valence electrons. The third-order valence-electron chi connectivity index (χ3n) is 3.26. The lowest BCUT2D eigenvalue weighted by Gasteiger charge is -2.23. The molecule has 0 fully saturated rings. The van der Waals surface area contributed by atoms with E-state index in [1.807, 2.05) is 0 Å². The van der Waals surface area contributed by atoms with Crippen LogP contribution in [0.15, 0.2) is 48.5 Å². The number of benzene rings is 2. The standard InChI is InChI=1S/C19H19Cl2NO3/c1-19(2,3)25-18(24)22-16(12-4-8-14(20)9-5-12)17(23)13-6-10-15(21)11-7-13/h4-11,16H,1-3H3,(H,22,24). The van der Waals surface area contributed by atoms with Gasteiger partial charge in [0.1, 0.15) is 11.6 Å². The fraction of sp³-hybridized carbons (Fsp3) is 0.263. The Hall–Kier alpha value is -2.04. The Kier molecular flexibility index (Phi) is 6.09. The second-order valence-corrected chi connectivity index (χ2v) is 7.37. The van der Waals surface area contributed by atoms with Crippen LogP contribution in [-0.4, -0.2) is 17.5 Å². The third-order valence-corrected chi connectivity index (χ3v) is 3.76. The zero-order valence-electron chi connectivity index (χ0n) is 14.2. The molecular formula is C19H19Cl2NO3. The normalized spacial score (nSPS) is 12.4. The number of Topliss-reactive ketones (excluding diaryl/α,β-unsaturated/α-hetero) is 1. The van der Waals surface area contributed by atoms with E-state index in [1.54, 1.807) is 69.3 Å². The lowest BCUT2D eigenvalue weighted by Crippen LogP contribution is -2.38. The second-order valence-electron chi connectivity index (χ2n) is 6.50. The van der Waals surface area contributed by atoms with Crippen molar-refractivity contribution in [1.82, 2.24) is 5.32 Å². The molecule has 2 aromatic carbocycles. The number of ether oxygens (including phenoxy) is 1. The highest BCUT2D eigenvalue weighted by Crippen LogP contribution is 2.22. The van der Waals surface area contributed by atoms with Gasteiger partial charge in [0.15, 0.2) is 5.78 Å². The topological polar surface area (TPSA) is 55.4 Å². The van der Waals surface area contributed by atoms with Crippen LogP contribution < -0.4 is 5.32 Å². The van der Waals surface area contributed by atoms with Crippen molar-refractivity contribution < 1.29 is 14.3 Å². The molecule has 25 heavy (non-hydrogen) atoms. The van der Waals surface area contributed by atoms with Crippen molar-refractivity contribution in [2.45, 2.75) is 32.4 Å². The number of alkyl carbamates (subject to hydrolysis) is 1. The van der Waals surface area contributed by atoms with Gasteiger partial charge >= 0.3 is 6.09 Å². The number of rotatable bonds is 4.